The van der Waals surface area contributed by atoms with Crippen molar-refractivity contribution in [2.45, 2.75) is 31.6 Å². The van der Waals surface area contributed by atoms with E-state index in [4.69, 9.17) is 28.9 Å². The zero-order chi connectivity index (χ0) is 15.1. The van der Waals surface area contributed by atoms with Crippen LogP contribution in [0.1, 0.15) is 37.3 Å². The Morgan fingerprint density at radius 1 is 1.19 bits per heavy atom. The van der Waals surface area contributed by atoms with Gasteiger partial charge >= 0.3 is 0 Å². The van der Waals surface area contributed by atoms with Crippen LogP contribution < -0.4 is 11.3 Å². The van der Waals surface area contributed by atoms with E-state index in [1.54, 1.807) is 22.9 Å². The molecule has 2 N–H and O–H groups in total. The lowest BCUT2D eigenvalue weighted by atomic mass is 10.0. The number of nitrogen functional groups attached to an aromatic ring is 1. The van der Waals surface area contributed by atoms with E-state index in [0.717, 1.165) is 18.5 Å². The molecule has 4 nitrogen and oxygen atoms in total. The van der Waals surface area contributed by atoms with Gasteiger partial charge in [0.05, 0.1) is 21.4 Å². The van der Waals surface area contributed by atoms with E-state index in [0.29, 0.717) is 27.3 Å². The highest BCUT2D eigenvalue weighted by atomic mass is 35.5. The number of rotatable bonds is 2. The molecule has 1 fully saturated rings. The van der Waals surface area contributed by atoms with Crippen LogP contribution in [0.5, 0.6) is 0 Å². The molecule has 0 saturated heterocycles. The highest BCUT2D eigenvalue weighted by molar-refractivity contribution is 6.42. The molecule has 1 aromatic carbocycles. The van der Waals surface area contributed by atoms with Gasteiger partial charge in [0.1, 0.15) is 5.69 Å². The van der Waals surface area contributed by atoms with Gasteiger partial charge in [-0.2, -0.15) is 0 Å². The molecule has 6 heteroatoms. The zero-order valence-corrected chi connectivity index (χ0v) is 13.3. The van der Waals surface area contributed by atoms with Crippen LogP contribution in [0.25, 0.3) is 5.69 Å². The van der Waals surface area contributed by atoms with Gasteiger partial charge in [-0.25, -0.2) is 4.68 Å². The Morgan fingerprint density at radius 3 is 2.48 bits per heavy atom. The number of hydrogen-bond acceptors (Lipinski definition) is 2. The lowest BCUT2D eigenvalue weighted by Crippen LogP contribution is -2.20. The van der Waals surface area contributed by atoms with Gasteiger partial charge in [0.2, 0.25) is 0 Å². The minimum absolute atomic E-state index is 0.196. The summed E-state index contributed by atoms with van der Waals surface area (Å²) in [6, 6.07) is 5.14. The summed E-state index contributed by atoms with van der Waals surface area (Å²) in [6.45, 7) is 0. The van der Waals surface area contributed by atoms with Crippen LogP contribution in [-0.2, 0) is 7.05 Å². The monoisotopic (exact) mass is 325 g/mol. The van der Waals surface area contributed by atoms with Crippen molar-refractivity contribution >= 4 is 28.9 Å². The summed E-state index contributed by atoms with van der Waals surface area (Å²) in [4.78, 5) is 12.5. The second-order valence-electron chi connectivity index (χ2n) is 5.52. The SMILES string of the molecule is Cn1c(C2CCCC2)c(N)c(=O)n1-c1ccc(Cl)c(Cl)c1. The van der Waals surface area contributed by atoms with Crippen LogP contribution in [0.3, 0.4) is 0 Å². The van der Waals surface area contributed by atoms with E-state index in [2.05, 4.69) is 0 Å². The van der Waals surface area contributed by atoms with E-state index in [1.165, 1.54) is 12.8 Å². The molecule has 1 aromatic heterocycles. The maximum absolute atomic E-state index is 12.5. The summed E-state index contributed by atoms with van der Waals surface area (Å²) in [5.74, 6) is 0.367. The molecule has 0 aliphatic heterocycles. The molecular weight excluding hydrogens is 309 g/mol. The van der Waals surface area contributed by atoms with Crippen molar-refractivity contribution in [2.75, 3.05) is 5.73 Å². The summed E-state index contributed by atoms with van der Waals surface area (Å²) in [5, 5.41) is 0.884. The Bertz CT molecular complexity index is 742. The molecule has 0 unspecified atom stereocenters. The van der Waals surface area contributed by atoms with Gasteiger partial charge in [0.25, 0.3) is 5.56 Å². The minimum atomic E-state index is -0.196. The molecular formula is C15H17Cl2N3O. The number of aromatic nitrogens is 2. The quantitative estimate of drug-likeness (QED) is 0.914. The second kappa shape index (κ2) is 5.43. The topological polar surface area (TPSA) is 52.9 Å². The highest BCUT2D eigenvalue weighted by Gasteiger charge is 2.26. The van der Waals surface area contributed by atoms with Crippen LogP contribution in [0, 0.1) is 0 Å². The molecule has 0 bridgehead atoms. The first-order valence-electron chi connectivity index (χ1n) is 7.03. The summed E-state index contributed by atoms with van der Waals surface area (Å²) in [6.07, 6.45) is 4.55. The van der Waals surface area contributed by atoms with E-state index in [-0.39, 0.29) is 5.56 Å². The Balaban J connectivity index is 2.17. The van der Waals surface area contributed by atoms with Crippen molar-refractivity contribution in [3.8, 4) is 5.69 Å². The van der Waals surface area contributed by atoms with Gasteiger partial charge in [0.15, 0.2) is 0 Å². The maximum atomic E-state index is 12.5. The number of anilines is 1. The predicted molar refractivity (Wildman–Crippen MR) is 86.7 cm³/mol. The van der Waals surface area contributed by atoms with Crippen LogP contribution >= 0.6 is 23.2 Å². The predicted octanol–water partition coefficient (Wildman–Crippen LogP) is 3.72. The third-order valence-corrected chi connectivity index (χ3v) is 4.98. The normalized spacial score (nSPS) is 15.8. The van der Waals surface area contributed by atoms with Gasteiger partial charge in [0, 0.05) is 13.0 Å². The fourth-order valence-corrected chi connectivity index (χ4v) is 3.52. The molecule has 0 atom stereocenters. The molecule has 1 aliphatic carbocycles. The van der Waals surface area contributed by atoms with Crippen molar-refractivity contribution in [2.24, 2.45) is 7.05 Å². The smallest absolute Gasteiger partial charge is 0.294 e. The van der Waals surface area contributed by atoms with Gasteiger partial charge in [-0.3, -0.25) is 9.48 Å². The Hall–Kier alpha value is -1.39. The first kappa shape index (κ1) is 14.5. The Kier molecular flexibility index (Phi) is 3.76. The average molecular weight is 326 g/mol. The highest BCUT2D eigenvalue weighted by Crippen LogP contribution is 2.36. The van der Waals surface area contributed by atoms with Crippen molar-refractivity contribution in [1.29, 1.82) is 0 Å². The van der Waals surface area contributed by atoms with Gasteiger partial charge in [-0.1, -0.05) is 36.0 Å². The fourth-order valence-electron chi connectivity index (χ4n) is 3.23. The van der Waals surface area contributed by atoms with Crippen molar-refractivity contribution in [1.82, 2.24) is 9.36 Å². The minimum Gasteiger partial charge on any atom is -0.393 e. The van der Waals surface area contributed by atoms with E-state index >= 15 is 0 Å². The number of nitrogens with zero attached hydrogens (tertiary/aromatic N) is 2. The van der Waals surface area contributed by atoms with E-state index in [1.807, 2.05) is 11.7 Å². The van der Waals surface area contributed by atoms with Gasteiger partial charge < -0.3 is 5.73 Å². The second-order valence-corrected chi connectivity index (χ2v) is 6.33. The lowest BCUT2D eigenvalue weighted by Gasteiger charge is -2.14. The Labute approximate surface area is 133 Å². The van der Waals surface area contributed by atoms with Gasteiger partial charge in [-0.05, 0) is 31.0 Å². The van der Waals surface area contributed by atoms with Crippen molar-refractivity contribution in [3.05, 3.63) is 44.3 Å². The molecule has 21 heavy (non-hydrogen) atoms. The van der Waals surface area contributed by atoms with Crippen LogP contribution in [0.4, 0.5) is 5.69 Å². The average Bonchev–Trinajstić information content (AvgIpc) is 3.03. The van der Waals surface area contributed by atoms with Crippen LogP contribution in [0.2, 0.25) is 10.0 Å². The van der Waals surface area contributed by atoms with Crippen LogP contribution in [0.15, 0.2) is 23.0 Å². The van der Waals surface area contributed by atoms with E-state index in [9.17, 15) is 4.79 Å². The fraction of sp³-hybridized carbons (Fsp3) is 0.400. The summed E-state index contributed by atoms with van der Waals surface area (Å²) >= 11 is 12.0. The number of nitrogens with two attached hydrogens (primary N) is 1. The maximum Gasteiger partial charge on any atom is 0.294 e. The zero-order valence-electron chi connectivity index (χ0n) is 11.8. The first-order chi connectivity index (χ1) is 10.0. The van der Waals surface area contributed by atoms with Gasteiger partial charge in [-0.15, -0.1) is 0 Å². The molecule has 1 aliphatic rings. The summed E-state index contributed by atoms with van der Waals surface area (Å²) < 4.78 is 3.42. The third kappa shape index (κ3) is 2.36. The molecule has 0 spiro atoms. The van der Waals surface area contributed by atoms with Crippen LogP contribution in [-0.4, -0.2) is 9.36 Å². The largest absolute Gasteiger partial charge is 0.393 e. The number of hydrogen-bond donors (Lipinski definition) is 1. The Morgan fingerprint density at radius 2 is 1.86 bits per heavy atom. The standard InChI is InChI=1S/C15H17Cl2N3O/c1-19-14(9-4-2-3-5-9)13(18)15(21)20(19)10-6-7-11(16)12(17)8-10/h6-9H,2-5,18H2,1H3. The third-order valence-electron chi connectivity index (χ3n) is 4.24. The molecule has 0 radical (unpaired) electrons. The van der Waals surface area contributed by atoms with Crippen molar-refractivity contribution in [3.63, 3.8) is 0 Å². The summed E-state index contributed by atoms with van der Waals surface area (Å²) in [7, 11) is 1.87. The first-order valence-corrected chi connectivity index (χ1v) is 7.79. The van der Waals surface area contributed by atoms with E-state index < -0.39 is 0 Å². The molecule has 3 rings (SSSR count). The molecule has 112 valence electrons. The molecule has 1 saturated carbocycles. The molecule has 1 heterocycles. The molecule has 2 aromatic rings. The number of benzene rings is 1. The number of halogens is 2. The summed E-state index contributed by atoms with van der Waals surface area (Å²) in [5.41, 5.74) is 7.83. The molecule has 0 amide bonds. The van der Waals surface area contributed by atoms with Crippen molar-refractivity contribution < 1.29 is 0 Å². The lowest BCUT2D eigenvalue weighted by molar-refractivity contribution is 0.568.